The lowest BCUT2D eigenvalue weighted by Crippen LogP contribution is -2.48. The van der Waals surface area contributed by atoms with Crippen LogP contribution in [0.3, 0.4) is 0 Å². The standard InChI is InChI=1S/C16H21ClN4O2S/c1-12-16(13(2)19-18-12)24(22,23)21-9-7-20(8-10-21)11-14-5-3-4-6-15(14)17/h3-6H,7-11H2,1-2H3,(H,18,19). The maximum absolute atomic E-state index is 12.8. The zero-order valence-electron chi connectivity index (χ0n) is 13.8. The lowest BCUT2D eigenvalue weighted by Gasteiger charge is -2.34. The Morgan fingerprint density at radius 2 is 1.83 bits per heavy atom. The number of benzene rings is 1. The second-order valence-corrected chi connectivity index (χ2v) is 8.32. The van der Waals surface area contributed by atoms with Gasteiger partial charge in [-0.2, -0.15) is 9.40 Å². The van der Waals surface area contributed by atoms with E-state index in [1.54, 1.807) is 18.2 Å². The van der Waals surface area contributed by atoms with Crippen molar-refractivity contribution in [2.45, 2.75) is 25.3 Å². The van der Waals surface area contributed by atoms with Crippen LogP contribution in [0.1, 0.15) is 17.0 Å². The summed E-state index contributed by atoms with van der Waals surface area (Å²) in [5.41, 5.74) is 2.17. The first-order chi connectivity index (χ1) is 11.4. The molecule has 0 radical (unpaired) electrons. The number of rotatable bonds is 4. The van der Waals surface area contributed by atoms with Crippen molar-refractivity contribution in [2.24, 2.45) is 0 Å². The highest BCUT2D eigenvalue weighted by molar-refractivity contribution is 7.89. The number of piperazine rings is 1. The fourth-order valence-electron chi connectivity index (χ4n) is 3.05. The molecule has 130 valence electrons. The number of halogens is 1. The van der Waals surface area contributed by atoms with Crippen LogP contribution in [-0.4, -0.2) is 54.0 Å². The molecule has 1 aromatic heterocycles. The molecule has 1 aliphatic heterocycles. The number of aromatic amines is 1. The van der Waals surface area contributed by atoms with E-state index < -0.39 is 10.0 Å². The summed E-state index contributed by atoms with van der Waals surface area (Å²) in [4.78, 5) is 2.53. The molecule has 0 spiro atoms. The van der Waals surface area contributed by atoms with Crippen molar-refractivity contribution in [3.8, 4) is 0 Å². The zero-order valence-corrected chi connectivity index (χ0v) is 15.4. The first-order valence-electron chi connectivity index (χ1n) is 7.87. The van der Waals surface area contributed by atoms with Gasteiger partial charge in [-0.05, 0) is 25.5 Å². The number of nitrogens with one attached hydrogen (secondary N) is 1. The molecule has 1 N–H and O–H groups in total. The van der Waals surface area contributed by atoms with Gasteiger partial charge in [0.15, 0.2) is 0 Å². The average molecular weight is 369 g/mol. The Hall–Kier alpha value is -1.41. The second-order valence-electron chi connectivity index (χ2n) is 6.03. The van der Waals surface area contributed by atoms with Gasteiger partial charge in [-0.1, -0.05) is 29.8 Å². The SMILES string of the molecule is Cc1n[nH]c(C)c1S(=O)(=O)N1CCN(Cc2ccccc2Cl)CC1. The molecular formula is C16H21ClN4O2S. The zero-order chi connectivity index (χ0) is 17.3. The fraction of sp³-hybridized carbons (Fsp3) is 0.438. The van der Waals surface area contributed by atoms with Crippen LogP contribution in [0.5, 0.6) is 0 Å². The minimum Gasteiger partial charge on any atom is -0.296 e. The summed E-state index contributed by atoms with van der Waals surface area (Å²) in [6.07, 6.45) is 0. The molecule has 24 heavy (non-hydrogen) atoms. The van der Waals surface area contributed by atoms with Gasteiger partial charge in [0.1, 0.15) is 4.90 Å². The van der Waals surface area contributed by atoms with Crippen LogP contribution in [0, 0.1) is 13.8 Å². The normalized spacial score (nSPS) is 17.3. The molecule has 8 heteroatoms. The van der Waals surface area contributed by atoms with E-state index in [4.69, 9.17) is 11.6 Å². The highest BCUT2D eigenvalue weighted by atomic mass is 35.5. The van der Waals surface area contributed by atoms with E-state index in [9.17, 15) is 8.42 Å². The second kappa shape index (κ2) is 6.84. The van der Waals surface area contributed by atoms with Gasteiger partial charge in [0.2, 0.25) is 10.0 Å². The van der Waals surface area contributed by atoms with E-state index in [-0.39, 0.29) is 0 Å². The Bertz CT molecular complexity index is 807. The maximum Gasteiger partial charge on any atom is 0.246 e. The first-order valence-corrected chi connectivity index (χ1v) is 9.69. The topological polar surface area (TPSA) is 69.3 Å². The van der Waals surface area contributed by atoms with Crippen LogP contribution < -0.4 is 0 Å². The van der Waals surface area contributed by atoms with E-state index in [2.05, 4.69) is 15.1 Å². The van der Waals surface area contributed by atoms with E-state index in [0.29, 0.717) is 42.5 Å². The summed E-state index contributed by atoms with van der Waals surface area (Å²) >= 11 is 6.20. The molecule has 1 saturated heterocycles. The number of H-pyrrole nitrogens is 1. The van der Waals surface area contributed by atoms with Crippen molar-refractivity contribution in [1.82, 2.24) is 19.4 Å². The number of nitrogens with zero attached hydrogens (tertiary/aromatic N) is 3. The lowest BCUT2D eigenvalue weighted by atomic mass is 10.2. The number of hydrogen-bond donors (Lipinski definition) is 1. The lowest BCUT2D eigenvalue weighted by molar-refractivity contribution is 0.181. The number of aryl methyl sites for hydroxylation is 2. The summed E-state index contributed by atoms with van der Waals surface area (Å²) < 4.78 is 27.2. The summed E-state index contributed by atoms with van der Waals surface area (Å²) in [6, 6.07) is 7.75. The van der Waals surface area contributed by atoms with Crippen LogP contribution in [0.2, 0.25) is 5.02 Å². The maximum atomic E-state index is 12.8. The predicted octanol–water partition coefficient (Wildman–Crippen LogP) is 2.19. The molecule has 2 aromatic rings. The van der Waals surface area contributed by atoms with Crippen molar-refractivity contribution in [3.05, 3.63) is 46.2 Å². The van der Waals surface area contributed by atoms with Crippen LogP contribution in [0.15, 0.2) is 29.2 Å². The molecule has 1 aromatic carbocycles. The van der Waals surface area contributed by atoms with Crippen LogP contribution >= 0.6 is 11.6 Å². The van der Waals surface area contributed by atoms with Gasteiger partial charge in [0, 0.05) is 37.7 Å². The fourth-order valence-corrected chi connectivity index (χ4v) is 4.99. The van der Waals surface area contributed by atoms with Crippen LogP contribution in [0.4, 0.5) is 0 Å². The Morgan fingerprint density at radius 1 is 1.17 bits per heavy atom. The van der Waals surface area contributed by atoms with Gasteiger partial charge in [0.05, 0.1) is 11.4 Å². The third kappa shape index (κ3) is 3.35. The van der Waals surface area contributed by atoms with Crippen molar-refractivity contribution < 1.29 is 8.42 Å². The van der Waals surface area contributed by atoms with Crippen molar-refractivity contribution in [3.63, 3.8) is 0 Å². The highest BCUT2D eigenvalue weighted by Gasteiger charge is 2.32. The van der Waals surface area contributed by atoms with Gasteiger partial charge >= 0.3 is 0 Å². The van der Waals surface area contributed by atoms with Gasteiger partial charge < -0.3 is 0 Å². The summed E-state index contributed by atoms with van der Waals surface area (Å²) in [5.74, 6) is 0. The van der Waals surface area contributed by atoms with E-state index in [1.165, 1.54) is 0 Å². The third-order valence-electron chi connectivity index (χ3n) is 4.34. The molecular weight excluding hydrogens is 348 g/mol. The minimum absolute atomic E-state index is 0.307. The van der Waals surface area contributed by atoms with E-state index in [1.807, 2.05) is 24.3 Å². The van der Waals surface area contributed by atoms with Crippen LogP contribution in [0.25, 0.3) is 0 Å². The summed E-state index contributed by atoms with van der Waals surface area (Å²) in [7, 11) is -3.50. The Morgan fingerprint density at radius 3 is 2.42 bits per heavy atom. The largest absolute Gasteiger partial charge is 0.296 e. The molecule has 6 nitrogen and oxygen atoms in total. The minimum atomic E-state index is -3.50. The molecule has 2 heterocycles. The molecule has 0 atom stereocenters. The van der Waals surface area contributed by atoms with E-state index in [0.717, 1.165) is 17.1 Å². The number of hydrogen-bond acceptors (Lipinski definition) is 4. The van der Waals surface area contributed by atoms with Gasteiger partial charge in [-0.25, -0.2) is 8.42 Å². The van der Waals surface area contributed by atoms with Crippen LogP contribution in [-0.2, 0) is 16.6 Å². The molecule has 0 aliphatic carbocycles. The Kier molecular flexibility index (Phi) is 4.96. The molecule has 0 amide bonds. The molecule has 0 saturated carbocycles. The van der Waals surface area contributed by atoms with E-state index >= 15 is 0 Å². The van der Waals surface area contributed by atoms with Gasteiger partial charge in [-0.3, -0.25) is 10.00 Å². The molecule has 1 fully saturated rings. The smallest absolute Gasteiger partial charge is 0.246 e. The third-order valence-corrected chi connectivity index (χ3v) is 6.87. The van der Waals surface area contributed by atoms with Crippen molar-refractivity contribution >= 4 is 21.6 Å². The van der Waals surface area contributed by atoms with Gasteiger partial charge in [-0.15, -0.1) is 0 Å². The first kappa shape index (κ1) is 17.4. The molecule has 0 unspecified atom stereocenters. The number of aromatic nitrogens is 2. The molecule has 3 rings (SSSR count). The quantitative estimate of drug-likeness (QED) is 0.898. The Balaban J connectivity index is 1.68. The number of sulfonamides is 1. The average Bonchev–Trinajstić information content (AvgIpc) is 2.89. The Labute approximate surface area is 147 Å². The monoisotopic (exact) mass is 368 g/mol. The summed E-state index contributed by atoms with van der Waals surface area (Å²) in [5, 5.41) is 7.50. The van der Waals surface area contributed by atoms with Crippen molar-refractivity contribution in [2.75, 3.05) is 26.2 Å². The summed E-state index contributed by atoms with van der Waals surface area (Å²) in [6.45, 7) is 6.48. The highest BCUT2D eigenvalue weighted by Crippen LogP contribution is 2.24. The molecule has 1 aliphatic rings. The predicted molar refractivity (Wildman–Crippen MR) is 93.5 cm³/mol. The molecule has 0 bridgehead atoms. The van der Waals surface area contributed by atoms with Crippen molar-refractivity contribution in [1.29, 1.82) is 0 Å². The van der Waals surface area contributed by atoms with Gasteiger partial charge in [0.25, 0.3) is 0 Å².